The molecule has 0 unspecified atom stereocenters. The molecule has 1 aromatic rings. The number of benzene rings is 1. The summed E-state index contributed by atoms with van der Waals surface area (Å²) in [6, 6.07) is 7.71. The van der Waals surface area contributed by atoms with Gasteiger partial charge in [0.1, 0.15) is 0 Å². The Morgan fingerprint density at radius 2 is 2.06 bits per heavy atom. The molecule has 1 N–H and O–H groups in total. The molecule has 2 nitrogen and oxygen atoms in total. The summed E-state index contributed by atoms with van der Waals surface area (Å²) >= 11 is 5.00. The van der Waals surface area contributed by atoms with Crippen LogP contribution in [-0.4, -0.2) is 24.0 Å². The molecule has 0 aliphatic rings. The molecular formula is C13H18BrNOS. The van der Waals surface area contributed by atoms with E-state index in [9.17, 15) is 4.79 Å². The van der Waals surface area contributed by atoms with Crippen molar-refractivity contribution in [3.05, 3.63) is 29.8 Å². The lowest BCUT2D eigenvalue weighted by Crippen LogP contribution is -2.24. The minimum Gasteiger partial charge on any atom is -0.352 e. The molecule has 94 valence electrons. The largest absolute Gasteiger partial charge is 0.352 e. The second kappa shape index (κ2) is 8.59. The maximum atomic E-state index is 11.9. The van der Waals surface area contributed by atoms with Gasteiger partial charge in [0.05, 0.1) is 5.56 Å². The molecule has 0 aliphatic heterocycles. The lowest BCUT2D eigenvalue weighted by atomic mass is 10.2. The quantitative estimate of drug-likeness (QED) is 0.472. The number of halogens is 1. The van der Waals surface area contributed by atoms with E-state index in [2.05, 4.69) is 21.2 Å². The molecule has 0 aliphatic carbocycles. The van der Waals surface area contributed by atoms with Crippen LogP contribution in [0.5, 0.6) is 0 Å². The van der Waals surface area contributed by atoms with Crippen molar-refractivity contribution in [2.75, 3.05) is 18.1 Å². The molecule has 0 atom stereocenters. The fourth-order valence-corrected chi connectivity index (χ4v) is 2.52. The summed E-state index contributed by atoms with van der Waals surface area (Å²) in [6.07, 6.45) is 5.34. The van der Waals surface area contributed by atoms with Gasteiger partial charge in [-0.25, -0.2) is 0 Å². The molecule has 0 spiro atoms. The average molecular weight is 316 g/mol. The van der Waals surface area contributed by atoms with E-state index in [1.807, 2.05) is 30.5 Å². The Labute approximate surface area is 116 Å². The van der Waals surface area contributed by atoms with Gasteiger partial charge in [0.25, 0.3) is 5.91 Å². The van der Waals surface area contributed by atoms with Crippen molar-refractivity contribution in [3.8, 4) is 0 Å². The summed E-state index contributed by atoms with van der Waals surface area (Å²) in [5.74, 6) is 0.0359. The van der Waals surface area contributed by atoms with Gasteiger partial charge in [-0.1, -0.05) is 34.5 Å². The highest BCUT2D eigenvalue weighted by Crippen LogP contribution is 2.19. The first-order valence-corrected chi connectivity index (χ1v) is 8.11. The molecule has 0 fully saturated rings. The van der Waals surface area contributed by atoms with E-state index >= 15 is 0 Å². The number of alkyl halides is 1. The van der Waals surface area contributed by atoms with Crippen molar-refractivity contribution in [1.82, 2.24) is 5.32 Å². The molecule has 0 saturated heterocycles. The summed E-state index contributed by atoms with van der Waals surface area (Å²) in [4.78, 5) is 13.0. The van der Waals surface area contributed by atoms with E-state index in [1.54, 1.807) is 11.8 Å². The van der Waals surface area contributed by atoms with E-state index in [-0.39, 0.29) is 5.91 Å². The summed E-state index contributed by atoms with van der Waals surface area (Å²) in [5, 5.41) is 4.00. The minimum absolute atomic E-state index is 0.0359. The predicted octanol–water partition coefficient (Wildman–Crippen LogP) is 3.70. The molecule has 0 aromatic heterocycles. The van der Waals surface area contributed by atoms with Gasteiger partial charge in [-0.15, -0.1) is 11.8 Å². The Morgan fingerprint density at radius 1 is 1.29 bits per heavy atom. The third-order valence-corrected chi connectivity index (χ3v) is 3.80. The van der Waals surface area contributed by atoms with Crippen molar-refractivity contribution in [3.63, 3.8) is 0 Å². The highest BCUT2D eigenvalue weighted by Gasteiger charge is 2.08. The fourth-order valence-electron chi connectivity index (χ4n) is 1.53. The number of nitrogens with one attached hydrogen (secondary N) is 1. The number of amides is 1. The van der Waals surface area contributed by atoms with E-state index in [0.29, 0.717) is 0 Å². The minimum atomic E-state index is 0.0359. The van der Waals surface area contributed by atoms with Gasteiger partial charge in [-0.05, 0) is 31.2 Å². The van der Waals surface area contributed by atoms with Gasteiger partial charge < -0.3 is 5.32 Å². The van der Waals surface area contributed by atoms with Crippen LogP contribution in [0.15, 0.2) is 29.2 Å². The molecular weight excluding hydrogens is 298 g/mol. The number of hydrogen-bond acceptors (Lipinski definition) is 2. The smallest absolute Gasteiger partial charge is 0.252 e. The zero-order chi connectivity index (χ0) is 12.5. The Bertz CT molecular complexity index is 357. The first kappa shape index (κ1) is 14.6. The zero-order valence-electron chi connectivity index (χ0n) is 10.0. The van der Waals surface area contributed by atoms with Crippen LogP contribution in [0.4, 0.5) is 0 Å². The lowest BCUT2D eigenvalue weighted by Gasteiger charge is -2.08. The monoisotopic (exact) mass is 315 g/mol. The molecule has 0 heterocycles. The Morgan fingerprint density at radius 3 is 2.76 bits per heavy atom. The number of carbonyl (C=O) groups excluding carboxylic acids is 1. The Hall–Kier alpha value is -0.480. The molecule has 4 heteroatoms. The van der Waals surface area contributed by atoms with Crippen LogP contribution >= 0.6 is 27.7 Å². The molecule has 17 heavy (non-hydrogen) atoms. The van der Waals surface area contributed by atoms with Crippen molar-refractivity contribution in [2.24, 2.45) is 0 Å². The number of carbonyl (C=O) groups is 1. The molecule has 1 rings (SSSR count). The van der Waals surface area contributed by atoms with Gasteiger partial charge in [0.15, 0.2) is 0 Å². The second-order valence-corrected chi connectivity index (χ2v) is 5.35. The summed E-state index contributed by atoms with van der Waals surface area (Å²) < 4.78 is 0. The highest BCUT2D eigenvalue weighted by molar-refractivity contribution is 9.09. The van der Waals surface area contributed by atoms with Crippen LogP contribution in [0.25, 0.3) is 0 Å². The van der Waals surface area contributed by atoms with Crippen LogP contribution in [0, 0.1) is 0 Å². The van der Waals surface area contributed by atoms with E-state index in [1.165, 1.54) is 0 Å². The van der Waals surface area contributed by atoms with E-state index in [4.69, 9.17) is 0 Å². The summed E-state index contributed by atoms with van der Waals surface area (Å²) in [5.41, 5.74) is 0.778. The van der Waals surface area contributed by atoms with Gasteiger partial charge in [0, 0.05) is 16.8 Å². The highest BCUT2D eigenvalue weighted by atomic mass is 79.9. The molecule has 0 radical (unpaired) electrons. The number of rotatable bonds is 7. The maximum Gasteiger partial charge on any atom is 0.252 e. The van der Waals surface area contributed by atoms with Crippen molar-refractivity contribution in [1.29, 1.82) is 0 Å². The second-order valence-electron chi connectivity index (χ2n) is 3.71. The van der Waals surface area contributed by atoms with Crippen LogP contribution in [0.2, 0.25) is 0 Å². The normalized spacial score (nSPS) is 10.2. The summed E-state index contributed by atoms with van der Waals surface area (Å²) in [6.45, 7) is 0.758. The van der Waals surface area contributed by atoms with Gasteiger partial charge in [-0.2, -0.15) is 0 Å². The number of thioether (sulfide) groups is 1. The molecule has 1 amide bonds. The molecule has 0 saturated carbocycles. The molecule has 0 bridgehead atoms. The van der Waals surface area contributed by atoms with Crippen molar-refractivity contribution < 1.29 is 4.79 Å². The lowest BCUT2D eigenvalue weighted by molar-refractivity contribution is 0.0950. The first-order chi connectivity index (χ1) is 8.29. The summed E-state index contributed by atoms with van der Waals surface area (Å²) in [7, 11) is 0. The van der Waals surface area contributed by atoms with E-state index < -0.39 is 0 Å². The average Bonchev–Trinajstić information content (AvgIpc) is 2.38. The van der Waals surface area contributed by atoms with Gasteiger partial charge in [-0.3, -0.25) is 4.79 Å². The van der Waals surface area contributed by atoms with Crippen LogP contribution < -0.4 is 5.32 Å². The maximum absolute atomic E-state index is 11.9. The van der Waals surface area contributed by atoms with Crippen molar-refractivity contribution in [2.45, 2.75) is 24.2 Å². The SMILES string of the molecule is CSc1ccccc1C(=O)NCCCCCBr. The number of unbranched alkanes of at least 4 members (excludes halogenated alkanes) is 2. The van der Waals surface area contributed by atoms with Crippen LogP contribution in [0.3, 0.4) is 0 Å². The Balaban J connectivity index is 2.41. The topological polar surface area (TPSA) is 29.1 Å². The van der Waals surface area contributed by atoms with Gasteiger partial charge in [0.2, 0.25) is 0 Å². The van der Waals surface area contributed by atoms with Crippen molar-refractivity contribution >= 4 is 33.6 Å². The molecule has 1 aromatic carbocycles. The first-order valence-electron chi connectivity index (χ1n) is 5.76. The standard InChI is InChI=1S/C13H18BrNOS/c1-17-12-8-4-3-7-11(12)13(16)15-10-6-2-5-9-14/h3-4,7-8H,2,5-6,9-10H2,1H3,(H,15,16). The van der Waals surface area contributed by atoms with E-state index in [0.717, 1.165) is 41.6 Å². The number of hydrogen-bond donors (Lipinski definition) is 1. The zero-order valence-corrected chi connectivity index (χ0v) is 12.4. The third kappa shape index (κ3) is 5.13. The predicted molar refractivity (Wildman–Crippen MR) is 78.2 cm³/mol. The van der Waals surface area contributed by atoms with Crippen LogP contribution in [-0.2, 0) is 0 Å². The fraction of sp³-hybridized carbons (Fsp3) is 0.462. The van der Waals surface area contributed by atoms with Crippen LogP contribution in [0.1, 0.15) is 29.6 Å². The third-order valence-electron chi connectivity index (χ3n) is 2.45. The van der Waals surface area contributed by atoms with Gasteiger partial charge >= 0.3 is 0 Å². The Kier molecular flexibility index (Phi) is 7.37.